The first-order chi connectivity index (χ1) is 7.96. The maximum absolute atomic E-state index is 11.9. The monoisotopic (exact) mass is 242 g/mol. The molecule has 0 spiro atoms. The summed E-state index contributed by atoms with van der Waals surface area (Å²) >= 11 is 0. The Morgan fingerprint density at radius 1 is 1.53 bits per heavy atom. The second kappa shape index (κ2) is 6.36. The Labute approximate surface area is 104 Å². The van der Waals surface area contributed by atoms with E-state index in [2.05, 4.69) is 17.1 Å². The number of likely N-dealkylation sites (tertiary alicyclic amines) is 1. The van der Waals surface area contributed by atoms with Crippen LogP contribution in [0.15, 0.2) is 0 Å². The molecule has 0 radical (unpaired) electrons. The maximum atomic E-state index is 11.9. The Morgan fingerprint density at radius 3 is 2.76 bits per heavy atom. The van der Waals surface area contributed by atoms with E-state index in [1.807, 2.05) is 13.8 Å². The van der Waals surface area contributed by atoms with Crippen molar-refractivity contribution in [2.45, 2.75) is 58.1 Å². The molecule has 2 unspecified atom stereocenters. The molecular weight excluding hydrogens is 216 g/mol. The number of unbranched alkanes of at least 4 members (excludes halogenated alkanes) is 2. The normalized spacial score (nSPS) is 27.1. The predicted octanol–water partition coefficient (Wildman–Crippen LogP) is 1.14. The second-order valence-electron chi connectivity index (χ2n) is 5.39. The van der Waals surface area contributed by atoms with Gasteiger partial charge in [-0.2, -0.15) is 0 Å². The molecule has 1 aliphatic heterocycles. The molecular formula is C13H26N2O2. The minimum atomic E-state index is -0.628. The molecule has 0 saturated carbocycles. The molecule has 4 heteroatoms. The Hall–Kier alpha value is -0.610. The van der Waals surface area contributed by atoms with Crippen molar-refractivity contribution in [3.05, 3.63) is 0 Å². The highest BCUT2D eigenvalue weighted by Gasteiger charge is 2.35. The van der Waals surface area contributed by atoms with Gasteiger partial charge in [0.15, 0.2) is 0 Å². The molecule has 100 valence electrons. The number of amides is 1. The summed E-state index contributed by atoms with van der Waals surface area (Å²) in [6.07, 6.45) is 4.13. The van der Waals surface area contributed by atoms with E-state index in [1.54, 1.807) is 0 Å². The van der Waals surface area contributed by atoms with Gasteiger partial charge in [-0.15, -0.1) is 0 Å². The summed E-state index contributed by atoms with van der Waals surface area (Å²) in [4.78, 5) is 13.9. The van der Waals surface area contributed by atoms with Crippen LogP contribution in [0.25, 0.3) is 0 Å². The first kappa shape index (κ1) is 14.5. The fourth-order valence-electron chi connectivity index (χ4n) is 2.21. The van der Waals surface area contributed by atoms with Crippen LogP contribution in [-0.2, 0) is 4.79 Å². The van der Waals surface area contributed by atoms with Crippen molar-refractivity contribution in [1.29, 1.82) is 0 Å². The molecule has 4 nitrogen and oxygen atoms in total. The highest BCUT2D eigenvalue weighted by atomic mass is 16.3. The second-order valence-corrected chi connectivity index (χ2v) is 5.39. The third-order valence-electron chi connectivity index (χ3n) is 3.49. The van der Waals surface area contributed by atoms with Gasteiger partial charge in [-0.3, -0.25) is 9.69 Å². The molecule has 1 saturated heterocycles. The smallest absolute Gasteiger partial charge is 0.237 e. The van der Waals surface area contributed by atoms with E-state index in [9.17, 15) is 9.90 Å². The number of carbonyl (C=O) groups is 1. The number of nitrogens with zero attached hydrogens (tertiary/aromatic N) is 1. The lowest BCUT2D eigenvalue weighted by Crippen LogP contribution is -2.45. The molecule has 1 amide bonds. The molecule has 1 aliphatic rings. The van der Waals surface area contributed by atoms with E-state index in [0.717, 1.165) is 32.4 Å². The maximum Gasteiger partial charge on any atom is 0.237 e. The Balaban J connectivity index is 2.27. The van der Waals surface area contributed by atoms with Gasteiger partial charge < -0.3 is 10.4 Å². The molecule has 1 fully saturated rings. The molecule has 2 atom stereocenters. The summed E-state index contributed by atoms with van der Waals surface area (Å²) in [6.45, 7) is 8.06. The first-order valence-corrected chi connectivity index (χ1v) is 6.70. The fraction of sp³-hybridized carbons (Fsp3) is 0.923. The van der Waals surface area contributed by atoms with E-state index in [-0.39, 0.29) is 11.9 Å². The van der Waals surface area contributed by atoms with Gasteiger partial charge in [0, 0.05) is 19.6 Å². The van der Waals surface area contributed by atoms with Gasteiger partial charge >= 0.3 is 0 Å². The van der Waals surface area contributed by atoms with E-state index >= 15 is 0 Å². The van der Waals surface area contributed by atoms with Gasteiger partial charge in [-0.05, 0) is 26.7 Å². The number of β-amino-alcohol motifs (C(OH)–C–C–N with tert-alkyl or cyclic N) is 1. The van der Waals surface area contributed by atoms with Crippen LogP contribution in [0.5, 0.6) is 0 Å². The quantitative estimate of drug-likeness (QED) is 0.687. The van der Waals surface area contributed by atoms with Crippen molar-refractivity contribution in [2.75, 3.05) is 19.6 Å². The molecule has 1 rings (SSSR count). The molecule has 0 aromatic rings. The number of hydrogen-bond acceptors (Lipinski definition) is 3. The van der Waals surface area contributed by atoms with Gasteiger partial charge in [-0.1, -0.05) is 19.8 Å². The summed E-state index contributed by atoms with van der Waals surface area (Å²) in [7, 11) is 0. The van der Waals surface area contributed by atoms with Crippen LogP contribution < -0.4 is 5.32 Å². The lowest BCUT2D eigenvalue weighted by molar-refractivity contribution is -0.125. The lowest BCUT2D eigenvalue weighted by atomic mass is 10.1. The summed E-state index contributed by atoms with van der Waals surface area (Å²) in [5.41, 5.74) is -0.628. The standard InChI is InChI=1S/C13H26N2O2/c1-4-5-6-8-14-12(16)11(2)15-9-7-13(3,17)10-15/h11,17H,4-10H2,1-3H3,(H,14,16). The molecule has 2 N–H and O–H groups in total. The summed E-state index contributed by atoms with van der Waals surface area (Å²) < 4.78 is 0. The van der Waals surface area contributed by atoms with Crippen LogP contribution in [0.2, 0.25) is 0 Å². The van der Waals surface area contributed by atoms with Crippen LogP contribution in [0.1, 0.15) is 46.5 Å². The number of rotatable bonds is 6. The first-order valence-electron chi connectivity index (χ1n) is 6.70. The van der Waals surface area contributed by atoms with Crippen molar-refractivity contribution in [3.63, 3.8) is 0 Å². The zero-order valence-corrected chi connectivity index (χ0v) is 11.3. The number of carbonyl (C=O) groups excluding carboxylic acids is 1. The highest BCUT2D eigenvalue weighted by molar-refractivity contribution is 5.81. The van der Waals surface area contributed by atoms with Gasteiger partial charge in [0.05, 0.1) is 11.6 Å². The zero-order chi connectivity index (χ0) is 12.9. The van der Waals surface area contributed by atoms with Crippen LogP contribution in [-0.4, -0.2) is 47.2 Å². The topological polar surface area (TPSA) is 52.6 Å². The van der Waals surface area contributed by atoms with Crippen LogP contribution >= 0.6 is 0 Å². The van der Waals surface area contributed by atoms with Crippen molar-refractivity contribution in [2.24, 2.45) is 0 Å². The molecule has 0 aromatic heterocycles. The minimum Gasteiger partial charge on any atom is -0.389 e. The van der Waals surface area contributed by atoms with E-state index in [4.69, 9.17) is 0 Å². The molecule has 0 bridgehead atoms. The predicted molar refractivity (Wildman–Crippen MR) is 68.8 cm³/mol. The van der Waals surface area contributed by atoms with Crippen LogP contribution in [0, 0.1) is 0 Å². The largest absolute Gasteiger partial charge is 0.389 e. The van der Waals surface area contributed by atoms with E-state index in [0.29, 0.717) is 6.54 Å². The average molecular weight is 242 g/mol. The van der Waals surface area contributed by atoms with Gasteiger partial charge in [0.1, 0.15) is 0 Å². The number of aliphatic hydroxyl groups is 1. The Bertz CT molecular complexity index is 254. The zero-order valence-electron chi connectivity index (χ0n) is 11.3. The summed E-state index contributed by atoms with van der Waals surface area (Å²) in [5, 5.41) is 12.8. The Kier molecular flexibility index (Phi) is 5.40. The third kappa shape index (κ3) is 4.64. The highest BCUT2D eigenvalue weighted by Crippen LogP contribution is 2.22. The number of nitrogens with one attached hydrogen (secondary N) is 1. The van der Waals surface area contributed by atoms with E-state index < -0.39 is 5.60 Å². The molecule has 0 aliphatic carbocycles. The number of hydrogen-bond donors (Lipinski definition) is 2. The van der Waals surface area contributed by atoms with Crippen LogP contribution in [0.3, 0.4) is 0 Å². The van der Waals surface area contributed by atoms with Crippen molar-refractivity contribution >= 4 is 5.91 Å². The lowest BCUT2D eigenvalue weighted by Gasteiger charge is -2.24. The average Bonchev–Trinajstić information content (AvgIpc) is 2.64. The molecule has 0 aromatic carbocycles. The minimum absolute atomic E-state index is 0.0822. The van der Waals surface area contributed by atoms with E-state index in [1.165, 1.54) is 6.42 Å². The van der Waals surface area contributed by atoms with Crippen molar-refractivity contribution in [3.8, 4) is 0 Å². The summed E-state index contributed by atoms with van der Waals surface area (Å²) in [6, 6.07) is -0.134. The van der Waals surface area contributed by atoms with Crippen LogP contribution in [0.4, 0.5) is 0 Å². The van der Waals surface area contributed by atoms with Gasteiger partial charge in [0.2, 0.25) is 5.91 Å². The molecule has 17 heavy (non-hydrogen) atoms. The van der Waals surface area contributed by atoms with Crippen molar-refractivity contribution < 1.29 is 9.90 Å². The van der Waals surface area contributed by atoms with Gasteiger partial charge in [0.25, 0.3) is 0 Å². The molecule has 1 heterocycles. The fourth-order valence-corrected chi connectivity index (χ4v) is 2.21. The third-order valence-corrected chi connectivity index (χ3v) is 3.49. The van der Waals surface area contributed by atoms with Gasteiger partial charge in [-0.25, -0.2) is 0 Å². The summed E-state index contributed by atoms with van der Waals surface area (Å²) in [5.74, 6) is 0.0822. The Morgan fingerprint density at radius 2 is 2.24 bits per heavy atom. The van der Waals surface area contributed by atoms with Crippen molar-refractivity contribution in [1.82, 2.24) is 10.2 Å². The SMILES string of the molecule is CCCCCNC(=O)C(C)N1CCC(C)(O)C1.